The van der Waals surface area contributed by atoms with Crippen LogP contribution in [-0.4, -0.2) is 36.6 Å². The van der Waals surface area contributed by atoms with Gasteiger partial charge in [0.25, 0.3) is 5.89 Å². The first-order chi connectivity index (χ1) is 7.74. The van der Waals surface area contributed by atoms with Crippen molar-refractivity contribution in [1.29, 1.82) is 0 Å². The highest BCUT2D eigenvalue weighted by molar-refractivity contribution is 5.81. The average molecular weight is 220 g/mol. The summed E-state index contributed by atoms with van der Waals surface area (Å²) in [4.78, 5) is 16.4. The molecule has 2 aromatic rings. The number of rotatable bonds is 4. The van der Waals surface area contributed by atoms with Crippen molar-refractivity contribution in [3.05, 3.63) is 24.1 Å². The number of carbonyl (C=O) groups is 1. The second kappa shape index (κ2) is 4.32. The molecular weight excluding hydrogens is 208 g/mol. The number of hydrogen-bond donors (Lipinski definition) is 1. The minimum atomic E-state index is 0.0805. The SMILES string of the molecule is CN(CCO)c1ccc2nc(C=O)oc2c1. The molecule has 0 bridgehead atoms. The van der Waals surface area contributed by atoms with Crippen molar-refractivity contribution in [1.82, 2.24) is 4.98 Å². The Morgan fingerprint density at radius 3 is 3.06 bits per heavy atom. The van der Waals surface area contributed by atoms with E-state index in [1.54, 1.807) is 12.1 Å². The standard InChI is InChI=1S/C11H12N2O3/c1-13(4-5-14)8-2-3-9-10(6-8)16-11(7-15)12-9/h2-3,6-7,14H,4-5H2,1H3. The monoisotopic (exact) mass is 220 g/mol. The minimum absolute atomic E-state index is 0.0805. The Morgan fingerprint density at radius 1 is 1.56 bits per heavy atom. The molecule has 0 unspecified atom stereocenters. The minimum Gasteiger partial charge on any atom is -0.434 e. The van der Waals surface area contributed by atoms with Crippen LogP contribution >= 0.6 is 0 Å². The van der Waals surface area contributed by atoms with E-state index in [-0.39, 0.29) is 12.5 Å². The fraction of sp³-hybridized carbons (Fsp3) is 0.273. The van der Waals surface area contributed by atoms with Crippen molar-refractivity contribution in [2.24, 2.45) is 0 Å². The highest BCUT2D eigenvalue weighted by Gasteiger charge is 2.07. The molecule has 0 aliphatic rings. The molecule has 0 saturated heterocycles. The van der Waals surface area contributed by atoms with Crippen molar-refractivity contribution < 1.29 is 14.3 Å². The predicted molar refractivity (Wildman–Crippen MR) is 59.8 cm³/mol. The summed E-state index contributed by atoms with van der Waals surface area (Å²) in [5.74, 6) is 0.0805. The lowest BCUT2D eigenvalue weighted by atomic mass is 10.2. The maximum Gasteiger partial charge on any atom is 0.260 e. The molecular formula is C11H12N2O3. The van der Waals surface area contributed by atoms with Crippen LogP contribution in [0.3, 0.4) is 0 Å². The summed E-state index contributed by atoms with van der Waals surface area (Å²) in [6, 6.07) is 5.45. The van der Waals surface area contributed by atoms with Gasteiger partial charge < -0.3 is 14.4 Å². The van der Waals surface area contributed by atoms with Crippen molar-refractivity contribution in [2.75, 3.05) is 25.1 Å². The topological polar surface area (TPSA) is 66.6 Å². The Labute approximate surface area is 92.3 Å². The number of anilines is 1. The largest absolute Gasteiger partial charge is 0.434 e. The number of oxazole rings is 1. The van der Waals surface area contributed by atoms with Crippen molar-refractivity contribution in [3.63, 3.8) is 0 Å². The molecule has 0 radical (unpaired) electrons. The molecule has 2 rings (SSSR count). The lowest BCUT2D eigenvalue weighted by molar-refractivity contribution is 0.109. The first kappa shape index (κ1) is 10.6. The van der Waals surface area contributed by atoms with Gasteiger partial charge in [0.1, 0.15) is 5.52 Å². The number of hydrogen-bond acceptors (Lipinski definition) is 5. The van der Waals surface area contributed by atoms with Crippen LogP contribution in [0.1, 0.15) is 10.7 Å². The fourth-order valence-electron chi connectivity index (χ4n) is 1.50. The number of aliphatic hydroxyl groups excluding tert-OH is 1. The van der Waals surface area contributed by atoms with E-state index < -0.39 is 0 Å². The van der Waals surface area contributed by atoms with E-state index in [0.29, 0.717) is 23.9 Å². The Bertz CT molecular complexity index is 507. The normalized spacial score (nSPS) is 10.6. The fourth-order valence-corrected chi connectivity index (χ4v) is 1.50. The number of aldehydes is 1. The predicted octanol–water partition coefficient (Wildman–Crippen LogP) is 1.07. The van der Waals surface area contributed by atoms with Crippen molar-refractivity contribution in [2.45, 2.75) is 0 Å². The summed E-state index contributed by atoms with van der Waals surface area (Å²) in [6.07, 6.45) is 0.580. The Kier molecular flexibility index (Phi) is 2.87. The zero-order valence-corrected chi connectivity index (χ0v) is 8.88. The van der Waals surface area contributed by atoms with Crippen LogP contribution in [-0.2, 0) is 0 Å². The molecule has 0 aliphatic carbocycles. The highest BCUT2D eigenvalue weighted by Crippen LogP contribution is 2.21. The van der Waals surface area contributed by atoms with Gasteiger partial charge >= 0.3 is 0 Å². The Balaban J connectivity index is 2.38. The molecule has 0 spiro atoms. The van der Waals surface area contributed by atoms with Gasteiger partial charge in [-0.1, -0.05) is 0 Å². The molecule has 1 aromatic heterocycles. The van der Waals surface area contributed by atoms with Gasteiger partial charge in [-0.25, -0.2) is 4.98 Å². The van der Waals surface area contributed by atoms with Crippen LogP contribution in [0.5, 0.6) is 0 Å². The smallest absolute Gasteiger partial charge is 0.260 e. The molecule has 0 fully saturated rings. The highest BCUT2D eigenvalue weighted by atomic mass is 16.4. The third-order valence-electron chi connectivity index (χ3n) is 2.37. The van der Waals surface area contributed by atoms with Gasteiger partial charge in [0.05, 0.1) is 6.61 Å². The molecule has 0 saturated carbocycles. The second-order valence-corrected chi connectivity index (χ2v) is 3.47. The van der Waals surface area contributed by atoms with Crippen LogP contribution in [0.25, 0.3) is 11.1 Å². The van der Waals surface area contributed by atoms with Crippen LogP contribution in [0.2, 0.25) is 0 Å². The molecule has 0 aliphatic heterocycles. The van der Waals surface area contributed by atoms with Gasteiger partial charge in [-0.05, 0) is 12.1 Å². The summed E-state index contributed by atoms with van der Waals surface area (Å²) in [7, 11) is 1.87. The van der Waals surface area contributed by atoms with E-state index in [1.165, 1.54) is 0 Å². The summed E-state index contributed by atoms with van der Waals surface area (Å²) in [6.45, 7) is 0.630. The van der Waals surface area contributed by atoms with Crippen LogP contribution in [0.4, 0.5) is 5.69 Å². The molecule has 16 heavy (non-hydrogen) atoms. The molecule has 1 N–H and O–H groups in total. The van der Waals surface area contributed by atoms with Crippen molar-refractivity contribution >= 4 is 23.1 Å². The number of aromatic nitrogens is 1. The summed E-state index contributed by atoms with van der Waals surface area (Å²) < 4.78 is 5.22. The molecule has 0 atom stereocenters. The number of aliphatic hydroxyl groups is 1. The van der Waals surface area contributed by atoms with Crippen LogP contribution < -0.4 is 4.90 Å². The van der Waals surface area contributed by atoms with Gasteiger partial charge in [0, 0.05) is 25.3 Å². The van der Waals surface area contributed by atoms with E-state index in [9.17, 15) is 4.79 Å². The molecule has 84 valence electrons. The molecule has 5 heteroatoms. The van der Waals surface area contributed by atoms with Gasteiger partial charge in [0.15, 0.2) is 5.58 Å². The summed E-state index contributed by atoms with van der Waals surface area (Å²) in [5, 5.41) is 8.83. The van der Waals surface area contributed by atoms with E-state index in [2.05, 4.69) is 4.98 Å². The van der Waals surface area contributed by atoms with Gasteiger partial charge in [0.2, 0.25) is 6.29 Å². The maximum absolute atomic E-state index is 10.5. The number of fused-ring (bicyclic) bond motifs is 1. The van der Waals surface area contributed by atoms with E-state index in [1.807, 2.05) is 18.0 Å². The third-order valence-corrected chi connectivity index (χ3v) is 2.37. The van der Waals surface area contributed by atoms with Gasteiger partial charge in [-0.3, -0.25) is 4.79 Å². The number of nitrogens with zero attached hydrogens (tertiary/aromatic N) is 2. The summed E-state index contributed by atoms with van der Waals surface area (Å²) >= 11 is 0. The zero-order chi connectivity index (χ0) is 11.5. The third kappa shape index (κ3) is 1.90. The lowest BCUT2D eigenvalue weighted by Crippen LogP contribution is -2.20. The Hall–Kier alpha value is -1.88. The second-order valence-electron chi connectivity index (χ2n) is 3.47. The van der Waals surface area contributed by atoms with Crippen LogP contribution in [0, 0.1) is 0 Å². The first-order valence-corrected chi connectivity index (χ1v) is 4.92. The van der Waals surface area contributed by atoms with E-state index >= 15 is 0 Å². The summed E-state index contributed by atoms with van der Waals surface area (Å²) in [5.41, 5.74) is 2.14. The van der Waals surface area contributed by atoms with Gasteiger partial charge in [-0.15, -0.1) is 0 Å². The molecule has 1 heterocycles. The van der Waals surface area contributed by atoms with Gasteiger partial charge in [-0.2, -0.15) is 0 Å². The van der Waals surface area contributed by atoms with E-state index in [0.717, 1.165) is 5.69 Å². The average Bonchev–Trinajstić information content (AvgIpc) is 2.70. The zero-order valence-electron chi connectivity index (χ0n) is 8.88. The number of carbonyl (C=O) groups excluding carboxylic acids is 1. The first-order valence-electron chi connectivity index (χ1n) is 4.92. The molecule has 0 amide bonds. The number of likely N-dealkylation sites (N-methyl/N-ethyl adjacent to an activating group) is 1. The van der Waals surface area contributed by atoms with E-state index in [4.69, 9.17) is 9.52 Å². The molecule has 1 aromatic carbocycles. The lowest BCUT2D eigenvalue weighted by Gasteiger charge is -2.17. The van der Waals surface area contributed by atoms with Crippen molar-refractivity contribution in [3.8, 4) is 0 Å². The number of benzene rings is 1. The maximum atomic E-state index is 10.5. The Morgan fingerprint density at radius 2 is 2.38 bits per heavy atom. The molecule has 5 nitrogen and oxygen atoms in total. The quantitative estimate of drug-likeness (QED) is 0.780. The van der Waals surface area contributed by atoms with Crippen LogP contribution in [0.15, 0.2) is 22.6 Å².